The summed E-state index contributed by atoms with van der Waals surface area (Å²) in [6, 6.07) is 3.93. The second-order valence-corrected chi connectivity index (χ2v) is 6.75. The molecule has 0 saturated carbocycles. The van der Waals surface area contributed by atoms with Crippen LogP contribution in [0.1, 0.15) is 18.6 Å². The second-order valence-electron chi connectivity index (χ2n) is 3.78. The largest absolute Gasteiger partial charge is 0.484 e. The molecule has 1 heterocycles. The highest BCUT2D eigenvalue weighted by Crippen LogP contribution is 2.29. The van der Waals surface area contributed by atoms with Gasteiger partial charge in [0.2, 0.25) is 11.7 Å². The van der Waals surface area contributed by atoms with Crippen molar-refractivity contribution in [3.05, 3.63) is 34.9 Å². The Balaban J connectivity index is 2.10. The zero-order valence-electron chi connectivity index (χ0n) is 10.3. The predicted molar refractivity (Wildman–Crippen MR) is 72.5 cm³/mol. The molecule has 0 spiro atoms. The first-order chi connectivity index (χ1) is 9.40. The second kappa shape index (κ2) is 5.99. The fourth-order valence-electron chi connectivity index (χ4n) is 1.38. The Morgan fingerprint density at radius 1 is 1.40 bits per heavy atom. The van der Waals surface area contributed by atoms with Crippen LogP contribution in [0.25, 0.3) is 0 Å². The standard InChI is InChI=1S/C11H10Cl2N2O4S/c1-2-11-14-10(15-19-11)6-18-9-4-3-7(5-8(9)12)20(13,16)17/h3-5H,2,6H2,1H3. The van der Waals surface area contributed by atoms with Crippen LogP contribution in [0.15, 0.2) is 27.6 Å². The van der Waals surface area contributed by atoms with Crippen molar-refractivity contribution in [2.75, 3.05) is 0 Å². The number of ether oxygens (including phenoxy) is 1. The molecule has 9 heteroatoms. The molecule has 1 aromatic heterocycles. The third-order valence-corrected chi connectivity index (χ3v) is 4.00. The third kappa shape index (κ3) is 3.62. The zero-order valence-corrected chi connectivity index (χ0v) is 12.7. The molecule has 0 aliphatic rings. The molecule has 0 aliphatic carbocycles. The minimum atomic E-state index is -3.82. The molecule has 0 amide bonds. The maximum atomic E-state index is 11.1. The molecular formula is C11H10Cl2N2O4S. The molecule has 2 aromatic rings. The number of rotatable bonds is 5. The van der Waals surface area contributed by atoms with E-state index >= 15 is 0 Å². The van der Waals surface area contributed by atoms with Gasteiger partial charge in [0.15, 0.2) is 6.61 Å². The summed E-state index contributed by atoms with van der Waals surface area (Å²) < 4.78 is 32.6. The van der Waals surface area contributed by atoms with Gasteiger partial charge in [0.05, 0.1) is 9.92 Å². The summed E-state index contributed by atoms with van der Waals surface area (Å²) in [6.07, 6.45) is 0.635. The summed E-state index contributed by atoms with van der Waals surface area (Å²) in [5.41, 5.74) is 0. The van der Waals surface area contributed by atoms with Crippen LogP contribution in [0.3, 0.4) is 0 Å². The lowest BCUT2D eigenvalue weighted by atomic mass is 10.3. The van der Waals surface area contributed by atoms with Crippen molar-refractivity contribution in [1.29, 1.82) is 0 Å². The van der Waals surface area contributed by atoms with Crippen LogP contribution in [-0.2, 0) is 22.1 Å². The van der Waals surface area contributed by atoms with Crippen LogP contribution in [0.4, 0.5) is 0 Å². The predicted octanol–water partition coefficient (Wildman–Crippen LogP) is 2.79. The quantitative estimate of drug-likeness (QED) is 0.780. The van der Waals surface area contributed by atoms with Crippen LogP contribution in [-0.4, -0.2) is 18.6 Å². The highest BCUT2D eigenvalue weighted by Gasteiger charge is 2.13. The van der Waals surface area contributed by atoms with Crippen LogP contribution < -0.4 is 4.74 Å². The van der Waals surface area contributed by atoms with E-state index in [1.807, 2.05) is 6.92 Å². The SMILES string of the molecule is CCc1nc(COc2ccc(S(=O)(=O)Cl)cc2Cl)no1. The summed E-state index contributed by atoms with van der Waals surface area (Å²) in [5.74, 6) is 1.20. The lowest BCUT2D eigenvalue weighted by Gasteiger charge is -2.06. The summed E-state index contributed by atoms with van der Waals surface area (Å²) in [5, 5.41) is 3.85. The van der Waals surface area contributed by atoms with Gasteiger partial charge in [0, 0.05) is 17.1 Å². The van der Waals surface area contributed by atoms with Gasteiger partial charge >= 0.3 is 0 Å². The first-order valence-corrected chi connectivity index (χ1v) is 8.27. The fourth-order valence-corrected chi connectivity index (χ4v) is 2.46. The van der Waals surface area contributed by atoms with Crippen molar-refractivity contribution in [3.8, 4) is 5.75 Å². The van der Waals surface area contributed by atoms with Crippen molar-refractivity contribution in [2.45, 2.75) is 24.8 Å². The molecule has 0 fully saturated rings. The van der Waals surface area contributed by atoms with Crippen LogP contribution in [0.5, 0.6) is 5.75 Å². The van der Waals surface area contributed by atoms with E-state index in [1.165, 1.54) is 18.2 Å². The Labute approximate surface area is 125 Å². The number of aryl methyl sites for hydroxylation is 1. The molecule has 0 unspecified atom stereocenters. The van der Waals surface area contributed by atoms with Gasteiger partial charge in [-0.1, -0.05) is 23.7 Å². The summed E-state index contributed by atoms with van der Waals surface area (Å²) in [6.45, 7) is 1.95. The summed E-state index contributed by atoms with van der Waals surface area (Å²) in [7, 11) is 1.40. The summed E-state index contributed by atoms with van der Waals surface area (Å²) >= 11 is 5.92. The number of benzene rings is 1. The fraction of sp³-hybridized carbons (Fsp3) is 0.273. The smallest absolute Gasteiger partial charge is 0.261 e. The van der Waals surface area contributed by atoms with E-state index in [0.29, 0.717) is 23.9 Å². The van der Waals surface area contributed by atoms with E-state index < -0.39 is 9.05 Å². The monoisotopic (exact) mass is 336 g/mol. The highest BCUT2D eigenvalue weighted by atomic mass is 35.7. The minimum Gasteiger partial charge on any atom is -0.484 e. The van der Waals surface area contributed by atoms with Crippen molar-refractivity contribution in [1.82, 2.24) is 10.1 Å². The average Bonchev–Trinajstić information content (AvgIpc) is 2.84. The van der Waals surface area contributed by atoms with Gasteiger partial charge in [-0.3, -0.25) is 0 Å². The molecule has 6 nitrogen and oxygen atoms in total. The molecular weight excluding hydrogens is 327 g/mol. The molecule has 0 saturated heterocycles. The minimum absolute atomic E-state index is 0.0657. The first-order valence-electron chi connectivity index (χ1n) is 5.58. The molecule has 0 bridgehead atoms. The number of hydrogen-bond acceptors (Lipinski definition) is 6. The maximum absolute atomic E-state index is 11.1. The molecule has 0 atom stereocenters. The van der Waals surface area contributed by atoms with Gasteiger partial charge in [-0.15, -0.1) is 0 Å². The first kappa shape index (κ1) is 15.1. The lowest BCUT2D eigenvalue weighted by Crippen LogP contribution is -1.99. The van der Waals surface area contributed by atoms with E-state index in [4.69, 9.17) is 31.5 Å². The van der Waals surface area contributed by atoms with E-state index in [2.05, 4.69) is 10.1 Å². The summed E-state index contributed by atoms with van der Waals surface area (Å²) in [4.78, 5) is 3.97. The van der Waals surface area contributed by atoms with Crippen molar-refractivity contribution in [3.63, 3.8) is 0 Å². The molecule has 20 heavy (non-hydrogen) atoms. The Hall–Kier alpha value is -1.31. The van der Waals surface area contributed by atoms with Gasteiger partial charge in [-0.25, -0.2) is 8.42 Å². The Morgan fingerprint density at radius 3 is 2.70 bits per heavy atom. The maximum Gasteiger partial charge on any atom is 0.261 e. The van der Waals surface area contributed by atoms with Crippen LogP contribution in [0.2, 0.25) is 5.02 Å². The van der Waals surface area contributed by atoms with E-state index in [0.717, 1.165) is 0 Å². The Kier molecular flexibility index (Phi) is 4.52. The number of hydrogen-bond donors (Lipinski definition) is 0. The van der Waals surface area contributed by atoms with Gasteiger partial charge < -0.3 is 9.26 Å². The normalized spacial score (nSPS) is 11.6. The zero-order chi connectivity index (χ0) is 14.8. The van der Waals surface area contributed by atoms with Gasteiger partial charge in [0.25, 0.3) is 9.05 Å². The third-order valence-electron chi connectivity index (χ3n) is 2.35. The van der Waals surface area contributed by atoms with Gasteiger partial charge in [0.1, 0.15) is 5.75 Å². The highest BCUT2D eigenvalue weighted by molar-refractivity contribution is 8.13. The number of nitrogens with zero attached hydrogens (tertiary/aromatic N) is 2. The van der Waals surface area contributed by atoms with Gasteiger partial charge in [-0.05, 0) is 18.2 Å². The molecule has 0 radical (unpaired) electrons. The number of aromatic nitrogens is 2. The molecule has 2 rings (SSSR count). The molecule has 108 valence electrons. The average molecular weight is 337 g/mol. The molecule has 1 aromatic carbocycles. The van der Waals surface area contributed by atoms with Crippen molar-refractivity contribution >= 4 is 31.3 Å². The number of halogens is 2. The van der Waals surface area contributed by atoms with Crippen LogP contribution >= 0.6 is 22.3 Å². The Bertz CT molecular complexity index is 715. The van der Waals surface area contributed by atoms with Crippen LogP contribution in [0, 0.1) is 0 Å². The molecule has 0 N–H and O–H groups in total. The van der Waals surface area contributed by atoms with E-state index in [9.17, 15) is 8.42 Å². The van der Waals surface area contributed by atoms with Gasteiger partial charge in [-0.2, -0.15) is 4.98 Å². The molecule has 0 aliphatic heterocycles. The Morgan fingerprint density at radius 2 is 2.15 bits per heavy atom. The van der Waals surface area contributed by atoms with Crippen molar-refractivity contribution in [2.24, 2.45) is 0 Å². The van der Waals surface area contributed by atoms with E-state index in [1.54, 1.807) is 0 Å². The lowest BCUT2D eigenvalue weighted by molar-refractivity contribution is 0.285. The van der Waals surface area contributed by atoms with Crippen molar-refractivity contribution < 1.29 is 17.7 Å². The topological polar surface area (TPSA) is 82.3 Å². The van der Waals surface area contributed by atoms with E-state index in [-0.39, 0.29) is 16.5 Å².